The van der Waals surface area contributed by atoms with Gasteiger partial charge in [0.25, 0.3) is 11.5 Å². The Bertz CT molecular complexity index is 3100. The van der Waals surface area contributed by atoms with Crippen LogP contribution in [0.25, 0.3) is 33.4 Å². The fourth-order valence-electron chi connectivity index (χ4n) is 6.44. The van der Waals surface area contributed by atoms with Gasteiger partial charge in [0.2, 0.25) is 5.36 Å². The quantitative estimate of drug-likeness (QED) is 0.0118. The van der Waals surface area contributed by atoms with Gasteiger partial charge in [-0.05, 0) is 42.3 Å². The van der Waals surface area contributed by atoms with Crippen LogP contribution in [-0.2, 0) is 56.7 Å². The first-order valence-electron chi connectivity index (χ1n) is 21.0. The second-order valence-corrected chi connectivity index (χ2v) is 21.7. The van der Waals surface area contributed by atoms with E-state index < -0.39 is 99.9 Å². The molecule has 6 atom stereocenters. The summed E-state index contributed by atoms with van der Waals surface area (Å²) in [6, 6.07) is 17.1. The number of aromatic amines is 1. The van der Waals surface area contributed by atoms with Crippen molar-refractivity contribution in [3.63, 3.8) is 0 Å². The topological polar surface area (TPSA) is 395 Å². The Balaban J connectivity index is 1.13. The maximum atomic E-state index is 13.4. The van der Waals surface area contributed by atoms with E-state index in [1.807, 2.05) is 79.0 Å². The normalized spacial score (nSPS) is 15.8. The van der Waals surface area contributed by atoms with Gasteiger partial charge in [-0.3, -0.25) is 37.5 Å². The van der Waals surface area contributed by atoms with Gasteiger partial charge in [0.15, 0.2) is 6.29 Å². The van der Waals surface area contributed by atoms with Crippen molar-refractivity contribution in [1.82, 2.24) is 19.4 Å². The maximum Gasteiger partial charge on any atom is 0.490 e. The number of phosphoric ester groups is 2. The molecule has 0 bridgehead atoms. The van der Waals surface area contributed by atoms with Gasteiger partial charge in [0, 0.05) is 85.0 Å². The second-order valence-electron chi connectivity index (χ2n) is 15.8. The smallest absolute Gasteiger partial charge is 0.456 e. The van der Waals surface area contributed by atoms with E-state index in [2.05, 4.69) is 18.5 Å². The molecule has 5 rings (SSSR count). The number of ether oxygens (including phenoxy) is 2. The van der Waals surface area contributed by atoms with Crippen molar-refractivity contribution in [1.29, 1.82) is 0 Å². The SMILES string of the molecule is CN(C)c1ccc2c(-c3cc(C(=O)NCCCOCC(O)COP(=O)(O)OCC(O)[C@@H](COP(=O)(O)OP(=O)(O)OP(=O)(O)O)OCn4ccc(=O)[nH]c4=O)ccc3C=O)c3ccc(=[N+](C)C)cc-3oc2c1. The van der Waals surface area contributed by atoms with Crippen LogP contribution in [0, 0.1) is 0 Å². The van der Waals surface area contributed by atoms with Crippen LogP contribution in [-0.4, -0.2) is 143 Å². The number of nitrogens with zero attached hydrogens (tertiary/aromatic N) is 3. The van der Waals surface area contributed by atoms with Crippen molar-refractivity contribution in [2.24, 2.45) is 0 Å². The van der Waals surface area contributed by atoms with Crippen molar-refractivity contribution >= 4 is 60.1 Å². The van der Waals surface area contributed by atoms with Crippen LogP contribution < -0.4 is 31.4 Å². The Morgan fingerprint density at radius 1 is 0.847 bits per heavy atom. The van der Waals surface area contributed by atoms with E-state index in [1.54, 1.807) is 12.1 Å². The molecular weight excluding hydrogens is 1040 g/mol. The molecule has 32 heteroatoms. The summed E-state index contributed by atoms with van der Waals surface area (Å²) in [7, 11) is -15.0. The second kappa shape index (κ2) is 24.9. The highest BCUT2D eigenvalue weighted by Gasteiger charge is 2.41. The molecule has 0 saturated heterocycles. The third-order valence-corrected chi connectivity index (χ3v) is 14.7. The number of hydrogen-bond donors (Lipinski definition) is 9. The summed E-state index contributed by atoms with van der Waals surface area (Å²) >= 11 is 0. The molecule has 0 radical (unpaired) electrons. The lowest BCUT2D eigenvalue weighted by molar-refractivity contribution is -0.0999. The number of amides is 1. The number of anilines is 1. The minimum Gasteiger partial charge on any atom is -0.456 e. The van der Waals surface area contributed by atoms with Gasteiger partial charge in [-0.1, -0.05) is 6.07 Å². The van der Waals surface area contributed by atoms with Crippen molar-refractivity contribution in [3.05, 3.63) is 104 Å². The van der Waals surface area contributed by atoms with E-state index in [9.17, 15) is 62.3 Å². The molecule has 2 aromatic carbocycles. The third kappa shape index (κ3) is 17.1. The lowest BCUT2D eigenvalue weighted by Gasteiger charge is -2.25. The number of aldehydes is 1. The molecule has 1 amide bonds. The van der Waals surface area contributed by atoms with Crippen LogP contribution in [0.5, 0.6) is 0 Å². The summed E-state index contributed by atoms with van der Waals surface area (Å²) < 4.78 is 88.4. The first kappa shape index (κ1) is 58.0. The zero-order chi connectivity index (χ0) is 53.2. The van der Waals surface area contributed by atoms with E-state index in [1.165, 1.54) is 6.07 Å². The lowest BCUT2D eigenvalue weighted by Crippen LogP contribution is -2.38. The molecule has 1 aliphatic heterocycles. The number of hydrogen-bond acceptors (Lipinski definition) is 19. The summed E-state index contributed by atoms with van der Waals surface area (Å²) in [4.78, 5) is 100.0. The molecule has 5 unspecified atom stereocenters. The zero-order valence-corrected chi connectivity index (χ0v) is 42.2. The molecule has 0 fully saturated rings. The average Bonchev–Trinajstić information content (AvgIpc) is 3.29. The highest BCUT2D eigenvalue weighted by atomic mass is 31.3. The standard InChI is InChI=1S/C40H51N5O23P4/c1-43(2)27-8-10-30-34(17-27)66-35-18-28(44(3)4)9-11-31(35)38(30)32-16-25(6-7-26(32)19-46)39(50)41-13-5-15-61-20-29(47)21-63-70(55,56)64-22-33(48)36(62-24-45-14-12-37(49)42-40(45)51)23-65-71(57,58)68-72(59,60)67-69(52,53)54/h6-12,14,16-19,29,33,36,47-48H,5,13,15,20-24H2,1-4H3,(H6-,41,42,49,50,51,52,53,54,55,56,57,58,59,60)/p+1/t29?,33?,36-/m1/s1. The molecule has 28 nitrogen and oxygen atoms in total. The Labute approximate surface area is 408 Å². The Morgan fingerprint density at radius 2 is 1.56 bits per heavy atom. The predicted molar refractivity (Wildman–Crippen MR) is 253 cm³/mol. The van der Waals surface area contributed by atoms with Crippen molar-refractivity contribution in [3.8, 4) is 22.5 Å². The van der Waals surface area contributed by atoms with Gasteiger partial charge < -0.3 is 58.8 Å². The first-order valence-corrected chi connectivity index (χ1v) is 27.0. The number of fused-ring (bicyclic) bond motifs is 2. The number of benzene rings is 3. The number of aliphatic hydroxyl groups excluding tert-OH is 2. The highest BCUT2D eigenvalue weighted by Crippen LogP contribution is 2.66. The van der Waals surface area contributed by atoms with Gasteiger partial charge in [0.05, 0.1) is 32.5 Å². The zero-order valence-electron chi connectivity index (χ0n) is 38.6. The van der Waals surface area contributed by atoms with E-state index in [0.29, 0.717) is 38.9 Å². The van der Waals surface area contributed by atoms with E-state index >= 15 is 0 Å². The summed E-state index contributed by atoms with van der Waals surface area (Å²) in [5.41, 5.74) is 2.16. The van der Waals surface area contributed by atoms with Crippen LogP contribution >= 0.6 is 31.3 Å². The van der Waals surface area contributed by atoms with Crippen molar-refractivity contribution < 1.29 is 98.6 Å². The van der Waals surface area contributed by atoms with Gasteiger partial charge in [-0.25, -0.2) is 27.6 Å². The molecule has 1 aliphatic carbocycles. The Morgan fingerprint density at radius 3 is 2.22 bits per heavy atom. The third-order valence-electron chi connectivity index (χ3n) is 9.90. The fraction of sp³-hybridized carbons (Fsp3) is 0.375. The molecule has 394 valence electrons. The fourth-order valence-corrected chi connectivity index (χ4v) is 10.2. The molecule has 72 heavy (non-hydrogen) atoms. The summed E-state index contributed by atoms with van der Waals surface area (Å²) in [6.45, 7) is -4.50. The number of phosphoric acid groups is 4. The highest BCUT2D eigenvalue weighted by molar-refractivity contribution is 7.66. The molecule has 1 aromatic heterocycles. The monoisotopic (exact) mass is 1090 g/mol. The van der Waals surface area contributed by atoms with Gasteiger partial charge in [-0.15, -0.1) is 0 Å². The van der Waals surface area contributed by atoms with Crippen LogP contribution in [0.4, 0.5) is 5.69 Å². The summed E-state index contributed by atoms with van der Waals surface area (Å²) in [5.74, 6) is 0.115. The van der Waals surface area contributed by atoms with Crippen LogP contribution in [0.2, 0.25) is 0 Å². The number of H-pyrrole nitrogens is 1. The molecule has 9 N–H and O–H groups in total. The van der Waals surface area contributed by atoms with E-state index in [-0.39, 0.29) is 25.1 Å². The van der Waals surface area contributed by atoms with Crippen LogP contribution in [0.1, 0.15) is 27.1 Å². The van der Waals surface area contributed by atoms with Gasteiger partial charge in [-0.2, -0.15) is 8.62 Å². The van der Waals surface area contributed by atoms with Gasteiger partial charge >= 0.3 is 37.0 Å². The number of nitrogens with one attached hydrogen (secondary N) is 2. The van der Waals surface area contributed by atoms with Crippen LogP contribution in [0.15, 0.2) is 80.9 Å². The predicted octanol–water partition coefficient (Wildman–Crippen LogP) is 1.34. The van der Waals surface area contributed by atoms with Crippen LogP contribution in [0.3, 0.4) is 0 Å². The minimum atomic E-state index is -5.95. The van der Waals surface area contributed by atoms with Crippen molar-refractivity contribution in [2.45, 2.75) is 31.5 Å². The molecule has 0 spiro atoms. The number of carbonyl (C=O) groups is 2. The average molecular weight is 1090 g/mol. The summed E-state index contributed by atoms with van der Waals surface area (Å²) in [6.07, 6.45) is -3.68. The summed E-state index contributed by atoms with van der Waals surface area (Å²) in [5, 5.41) is 25.4. The number of aromatic nitrogens is 2. The largest absolute Gasteiger partial charge is 0.490 e. The number of rotatable bonds is 27. The Hall–Kier alpha value is -4.89. The molecule has 2 aliphatic rings. The maximum absolute atomic E-state index is 13.4. The molecule has 0 saturated carbocycles. The van der Waals surface area contributed by atoms with Gasteiger partial charge in [0.1, 0.15) is 50.5 Å². The molecule has 3 aromatic rings. The van der Waals surface area contributed by atoms with E-state index in [0.717, 1.165) is 34.3 Å². The number of carbonyl (C=O) groups excluding carboxylic acids is 2. The van der Waals surface area contributed by atoms with Crippen molar-refractivity contribution in [2.75, 3.05) is 72.7 Å². The molecular formula is C40H52N5O23P4+. The number of aliphatic hydroxyl groups is 2. The molecule has 2 heterocycles. The lowest BCUT2D eigenvalue weighted by atomic mass is 9.89. The van der Waals surface area contributed by atoms with E-state index in [4.69, 9.17) is 32.7 Å². The minimum absolute atomic E-state index is 0.00543. The Kier molecular flexibility index (Phi) is 20.1. The first-order chi connectivity index (χ1) is 33.7.